The molecule has 4 nitrogen and oxygen atoms in total. The maximum absolute atomic E-state index is 12.2. The topological polar surface area (TPSA) is 46.6 Å². The SMILES string of the molecule is O=C(c1ccccc1)C1CN(C(=O)CCl)CCO1. The Bertz CT molecular complexity index is 435. The number of alkyl halides is 1. The number of Topliss-reactive ketones (excluding diaryl/α,β-unsaturated/α-hetero) is 1. The molecule has 0 saturated carbocycles. The Morgan fingerprint density at radius 1 is 1.33 bits per heavy atom. The maximum atomic E-state index is 12.2. The van der Waals surface area contributed by atoms with Crippen molar-refractivity contribution in [3.63, 3.8) is 0 Å². The van der Waals surface area contributed by atoms with Gasteiger partial charge in [-0.05, 0) is 0 Å². The molecule has 5 heteroatoms. The lowest BCUT2D eigenvalue weighted by Gasteiger charge is -2.31. The molecule has 1 fully saturated rings. The predicted octanol–water partition coefficient (Wildman–Crippen LogP) is 1.34. The molecule has 1 amide bonds. The van der Waals surface area contributed by atoms with Gasteiger partial charge in [0.05, 0.1) is 13.2 Å². The first-order valence-electron chi connectivity index (χ1n) is 5.77. The highest BCUT2D eigenvalue weighted by molar-refractivity contribution is 6.27. The van der Waals surface area contributed by atoms with E-state index in [9.17, 15) is 9.59 Å². The van der Waals surface area contributed by atoms with E-state index in [0.717, 1.165) is 0 Å². The number of carbonyl (C=O) groups is 2. The zero-order valence-corrected chi connectivity index (χ0v) is 10.6. The molecular weight excluding hydrogens is 254 g/mol. The molecule has 1 heterocycles. The second-order valence-corrected chi connectivity index (χ2v) is 4.33. The highest BCUT2D eigenvalue weighted by atomic mass is 35.5. The van der Waals surface area contributed by atoms with E-state index in [0.29, 0.717) is 18.7 Å². The monoisotopic (exact) mass is 267 g/mol. The lowest BCUT2D eigenvalue weighted by molar-refractivity contribution is -0.134. The van der Waals surface area contributed by atoms with Gasteiger partial charge in [-0.25, -0.2) is 0 Å². The van der Waals surface area contributed by atoms with E-state index in [2.05, 4.69) is 0 Å². The summed E-state index contributed by atoms with van der Waals surface area (Å²) in [5.41, 5.74) is 0.600. The molecule has 0 radical (unpaired) electrons. The predicted molar refractivity (Wildman–Crippen MR) is 67.8 cm³/mol. The van der Waals surface area contributed by atoms with Gasteiger partial charge in [0.1, 0.15) is 12.0 Å². The van der Waals surface area contributed by atoms with E-state index >= 15 is 0 Å². The van der Waals surface area contributed by atoms with Crippen LogP contribution in [0.2, 0.25) is 0 Å². The van der Waals surface area contributed by atoms with E-state index in [1.165, 1.54) is 0 Å². The summed E-state index contributed by atoms with van der Waals surface area (Å²) in [5.74, 6) is -0.319. The summed E-state index contributed by atoms with van der Waals surface area (Å²) < 4.78 is 5.43. The van der Waals surface area contributed by atoms with Gasteiger partial charge < -0.3 is 9.64 Å². The van der Waals surface area contributed by atoms with Gasteiger partial charge in [-0.15, -0.1) is 11.6 Å². The lowest BCUT2D eigenvalue weighted by atomic mass is 10.1. The molecule has 1 aromatic carbocycles. The second kappa shape index (κ2) is 5.98. The average molecular weight is 268 g/mol. The van der Waals surface area contributed by atoms with Crippen LogP contribution in [0.5, 0.6) is 0 Å². The van der Waals surface area contributed by atoms with Gasteiger partial charge >= 0.3 is 0 Å². The molecule has 1 aliphatic heterocycles. The number of benzene rings is 1. The highest BCUT2D eigenvalue weighted by Crippen LogP contribution is 2.12. The van der Waals surface area contributed by atoms with Crippen LogP contribution in [0, 0.1) is 0 Å². The first-order valence-corrected chi connectivity index (χ1v) is 6.30. The van der Waals surface area contributed by atoms with Gasteiger partial charge in [0.15, 0.2) is 5.78 Å². The number of rotatable bonds is 3. The minimum Gasteiger partial charge on any atom is -0.366 e. The number of halogens is 1. The Balaban J connectivity index is 2.05. The molecule has 0 aromatic heterocycles. The Morgan fingerprint density at radius 3 is 2.72 bits per heavy atom. The van der Waals surface area contributed by atoms with Crippen LogP contribution in [0.1, 0.15) is 10.4 Å². The van der Waals surface area contributed by atoms with Gasteiger partial charge in [0, 0.05) is 12.1 Å². The molecule has 0 bridgehead atoms. The van der Waals surface area contributed by atoms with Gasteiger partial charge in [-0.3, -0.25) is 9.59 Å². The van der Waals surface area contributed by atoms with Crippen molar-refractivity contribution < 1.29 is 14.3 Å². The van der Waals surface area contributed by atoms with Crippen LogP contribution in [0.3, 0.4) is 0 Å². The van der Waals surface area contributed by atoms with E-state index in [4.69, 9.17) is 16.3 Å². The third-order valence-electron chi connectivity index (χ3n) is 2.88. The fraction of sp³-hybridized carbons (Fsp3) is 0.385. The third kappa shape index (κ3) is 2.89. The van der Waals surface area contributed by atoms with Crippen LogP contribution in [0.25, 0.3) is 0 Å². The summed E-state index contributed by atoms with van der Waals surface area (Å²) in [4.78, 5) is 25.2. The van der Waals surface area contributed by atoms with Crippen molar-refractivity contribution in [1.29, 1.82) is 0 Å². The molecule has 1 aromatic rings. The lowest BCUT2D eigenvalue weighted by Crippen LogP contribution is -2.49. The summed E-state index contributed by atoms with van der Waals surface area (Å²) in [6.07, 6.45) is -0.590. The van der Waals surface area contributed by atoms with Crippen molar-refractivity contribution in [2.45, 2.75) is 6.10 Å². The standard InChI is InChI=1S/C13H14ClNO3/c14-8-12(16)15-6-7-18-11(9-15)13(17)10-4-2-1-3-5-10/h1-5,11H,6-9H2. The summed E-state index contributed by atoms with van der Waals surface area (Å²) >= 11 is 5.51. The number of nitrogens with zero attached hydrogens (tertiary/aromatic N) is 1. The fourth-order valence-corrected chi connectivity index (χ4v) is 2.08. The molecule has 0 aliphatic carbocycles. The molecule has 1 unspecified atom stereocenters. The third-order valence-corrected chi connectivity index (χ3v) is 3.11. The van der Waals surface area contributed by atoms with Crippen molar-refractivity contribution >= 4 is 23.3 Å². The zero-order chi connectivity index (χ0) is 13.0. The Hall–Kier alpha value is -1.39. The number of ketones is 1. The summed E-state index contributed by atoms with van der Waals surface area (Å²) in [6.45, 7) is 1.13. The van der Waals surface area contributed by atoms with Gasteiger partial charge in [0.2, 0.25) is 5.91 Å². The van der Waals surface area contributed by atoms with Gasteiger partial charge in [0.25, 0.3) is 0 Å². The summed E-state index contributed by atoms with van der Waals surface area (Å²) in [7, 11) is 0. The van der Waals surface area contributed by atoms with Crippen LogP contribution < -0.4 is 0 Å². The minimum atomic E-state index is -0.590. The largest absolute Gasteiger partial charge is 0.366 e. The number of hydrogen-bond donors (Lipinski definition) is 0. The van der Waals surface area contributed by atoms with Crippen LogP contribution >= 0.6 is 11.6 Å². The average Bonchev–Trinajstić information content (AvgIpc) is 2.46. The first-order chi connectivity index (χ1) is 8.72. The first kappa shape index (κ1) is 13.1. The van der Waals surface area contributed by atoms with E-state index < -0.39 is 6.10 Å². The molecule has 0 spiro atoms. The van der Waals surface area contributed by atoms with Crippen molar-refractivity contribution in [3.8, 4) is 0 Å². The smallest absolute Gasteiger partial charge is 0.237 e. The van der Waals surface area contributed by atoms with Gasteiger partial charge in [-0.1, -0.05) is 30.3 Å². The maximum Gasteiger partial charge on any atom is 0.237 e. The van der Waals surface area contributed by atoms with Crippen molar-refractivity contribution in [2.24, 2.45) is 0 Å². The van der Waals surface area contributed by atoms with E-state index in [1.54, 1.807) is 29.2 Å². The molecule has 1 atom stereocenters. The molecular formula is C13H14ClNO3. The van der Waals surface area contributed by atoms with Gasteiger partial charge in [-0.2, -0.15) is 0 Å². The van der Waals surface area contributed by atoms with E-state index in [-0.39, 0.29) is 24.1 Å². The summed E-state index contributed by atoms with van der Waals surface area (Å²) in [6, 6.07) is 8.94. The zero-order valence-electron chi connectivity index (χ0n) is 9.84. The molecule has 18 heavy (non-hydrogen) atoms. The molecule has 2 rings (SSSR count). The van der Waals surface area contributed by atoms with Crippen LogP contribution in [-0.2, 0) is 9.53 Å². The van der Waals surface area contributed by atoms with Crippen molar-refractivity contribution in [2.75, 3.05) is 25.6 Å². The van der Waals surface area contributed by atoms with Crippen LogP contribution in [-0.4, -0.2) is 48.3 Å². The number of carbonyl (C=O) groups excluding carboxylic acids is 2. The number of amides is 1. The van der Waals surface area contributed by atoms with Crippen LogP contribution in [0.4, 0.5) is 0 Å². The summed E-state index contributed by atoms with van der Waals surface area (Å²) in [5, 5.41) is 0. The number of morpholine rings is 1. The van der Waals surface area contributed by atoms with Crippen molar-refractivity contribution in [3.05, 3.63) is 35.9 Å². The Kier molecular flexibility index (Phi) is 4.33. The molecule has 1 aliphatic rings. The number of hydrogen-bond acceptors (Lipinski definition) is 3. The highest BCUT2D eigenvalue weighted by Gasteiger charge is 2.29. The normalized spacial score (nSPS) is 19.6. The Labute approximate surface area is 110 Å². The quantitative estimate of drug-likeness (QED) is 0.613. The van der Waals surface area contributed by atoms with Crippen molar-refractivity contribution in [1.82, 2.24) is 4.90 Å². The second-order valence-electron chi connectivity index (χ2n) is 4.06. The number of ether oxygens (including phenoxy) is 1. The fourth-order valence-electron chi connectivity index (χ4n) is 1.91. The minimum absolute atomic E-state index is 0.0632. The Morgan fingerprint density at radius 2 is 2.06 bits per heavy atom. The van der Waals surface area contributed by atoms with E-state index in [1.807, 2.05) is 6.07 Å². The molecule has 96 valence electrons. The van der Waals surface area contributed by atoms with Crippen LogP contribution in [0.15, 0.2) is 30.3 Å². The molecule has 0 N–H and O–H groups in total. The molecule has 1 saturated heterocycles.